The normalized spacial score (nSPS) is 10.8. The van der Waals surface area contributed by atoms with Crippen molar-refractivity contribution in [2.75, 3.05) is 5.73 Å². The molecule has 0 aliphatic heterocycles. The average Bonchev–Trinajstić information content (AvgIpc) is 2.73. The van der Waals surface area contributed by atoms with Crippen LogP contribution >= 0.6 is 0 Å². The lowest BCUT2D eigenvalue weighted by atomic mass is 10.3. The van der Waals surface area contributed by atoms with E-state index in [-0.39, 0.29) is 0 Å². The van der Waals surface area contributed by atoms with Crippen molar-refractivity contribution in [2.45, 2.75) is 0 Å². The fourth-order valence-electron chi connectivity index (χ4n) is 1.45. The zero-order chi connectivity index (χ0) is 11.0. The third kappa shape index (κ3) is 1.38. The summed E-state index contributed by atoms with van der Waals surface area (Å²) >= 11 is 0. The van der Waals surface area contributed by atoms with Crippen LogP contribution in [0.15, 0.2) is 41.2 Å². The van der Waals surface area contributed by atoms with Crippen LogP contribution in [0.2, 0.25) is 0 Å². The first-order chi connectivity index (χ1) is 7.83. The molecular formula is C11H8N4O. The van der Waals surface area contributed by atoms with Gasteiger partial charge in [-0.2, -0.15) is 0 Å². The monoisotopic (exact) mass is 212 g/mol. The Balaban J connectivity index is 2.19. The second-order valence-electron chi connectivity index (χ2n) is 3.35. The number of nitrogen functional groups attached to an aromatic ring is 1. The van der Waals surface area contributed by atoms with E-state index in [4.69, 9.17) is 10.2 Å². The SMILES string of the molecule is Nc1cnc2oc(-c3cccnc3)nc2c1. The van der Waals surface area contributed by atoms with Gasteiger partial charge in [0.05, 0.1) is 17.4 Å². The Hall–Kier alpha value is -2.43. The average molecular weight is 212 g/mol. The van der Waals surface area contributed by atoms with Crippen LogP contribution in [-0.2, 0) is 0 Å². The zero-order valence-electron chi connectivity index (χ0n) is 8.29. The topological polar surface area (TPSA) is 77.8 Å². The molecule has 2 N–H and O–H groups in total. The van der Waals surface area contributed by atoms with Crippen molar-refractivity contribution >= 4 is 16.9 Å². The predicted molar refractivity (Wildman–Crippen MR) is 59.4 cm³/mol. The number of rotatable bonds is 1. The van der Waals surface area contributed by atoms with E-state index in [1.165, 1.54) is 0 Å². The van der Waals surface area contributed by atoms with Gasteiger partial charge in [-0.25, -0.2) is 9.97 Å². The van der Waals surface area contributed by atoms with Crippen LogP contribution < -0.4 is 5.73 Å². The van der Waals surface area contributed by atoms with Crippen molar-refractivity contribution < 1.29 is 4.42 Å². The summed E-state index contributed by atoms with van der Waals surface area (Å²) in [6, 6.07) is 5.43. The van der Waals surface area contributed by atoms with Gasteiger partial charge in [0.1, 0.15) is 5.52 Å². The molecule has 0 amide bonds. The molecule has 16 heavy (non-hydrogen) atoms. The summed E-state index contributed by atoms with van der Waals surface area (Å²) < 4.78 is 5.49. The summed E-state index contributed by atoms with van der Waals surface area (Å²) in [5.74, 6) is 0.501. The van der Waals surface area contributed by atoms with Gasteiger partial charge in [0.15, 0.2) is 0 Å². The van der Waals surface area contributed by atoms with Crippen LogP contribution in [0.25, 0.3) is 22.7 Å². The van der Waals surface area contributed by atoms with Gasteiger partial charge in [-0.15, -0.1) is 0 Å². The number of nitrogens with two attached hydrogens (primary N) is 1. The third-order valence-electron chi connectivity index (χ3n) is 2.18. The number of anilines is 1. The van der Waals surface area contributed by atoms with E-state index in [2.05, 4.69) is 15.0 Å². The molecule has 78 valence electrons. The minimum absolute atomic E-state index is 0.480. The van der Waals surface area contributed by atoms with Gasteiger partial charge >= 0.3 is 0 Å². The van der Waals surface area contributed by atoms with Gasteiger partial charge in [0.25, 0.3) is 0 Å². The number of hydrogen-bond acceptors (Lipinski definition) is 5. The van der Waals surface area contributed by atoms with Crippen molar-refractivity contribution in [1.29, 1.82) is 0 Å². The predicted octanol–water partition coefficient (Wildman–Crippen LogP) is 1.87. The van der Waals surface area contributed by atoms with Crippen molar-refractivity contribution in [1.82, 2.24) is 15.0 Å². The third-order valence-corrected chi connectivity index (χ3v) is 2.18. The van der Waals surface area contributed by atoms with E-state index in [0.29, 0.717) is 22.8 Å². The minimum Gasteiger partial charge on any atom is -0.418 e. The molecular weight excluding hydrogens is 204 g/mol. The molecule has 0 spiro atoms. The number of fused-ring (bicyclic) bond motifs is 1. The maximum atomic E-state index is 5.62. The van der Waals surface area contributed by atoms with E-state index in [9.17, 15) is 0 Å². The number of hydrogen-bond donors (Lipinski definition) is 1. The smallest absolute Gasteiger partial charge is 0.247 e. The Labute approximate surface area is 91.0 Å². The van der Waals surface area contributed by atoms with E-state index < -0.39 is 0 Å². The van der Waals surface area contributed by atoms with Crippen LogP contribution in [0.4, 0.5) is 5.69 Å². The van der Waals surface area contributed by atoms with Crippen molar-refractivity contribution in [3.05, 3.63) is 36.8 Å². The molecule has 0 aliphatic rings. The fourth-order valence-corrected chi connectivity index (χ4v) is 1.45. The Morgan fingerprint density at radius 2 is 2.19 bits per heavy atom. The van der Waals surface area contributed by atoms with Crippen molar-refractivity contribution in [3.8, 4) is 11.5 Å². The Morgan fingerprint density at radius 3 is 3.00 bits per heavy atom. The van der Waals surface area contributed by atoms with E-state index in [1.54, 1.807) is 24.7 Å². The molecule has 0 radical (unpaired) electrons. The minimum atomic E-state index is 0.480. The molecule has 0 saturated heterocycles. The van der Waals surface area contributed by atoms with Crippen LogP contribution in [0.5, 0.6) is 0 Å². The van der Waals surface area contributed by atoms with Crippen molar-refractivity contribution in [2.24, 2.45) is 0 Å². The molecule has 0 bridgehead atoms. The molecule has 0 aliphatic carbocycles. The molecule has 0 unspecified atom stereocenters. The number of pyridine rings is 2. The Morgan fingerprint density at radius 1 is 1.25 bits per heavy atom. The number of aromatic nitrogens is 3. The fraction of sp³-hybridized carbons (Fsp3) is 0. The number of nitrogens with zero attached hydrogens (tertiary/aromatic N) is 3. The first-order valence-electron chi connectivity index (χ1n) is 4.75. The molecule has 3 rings (SSSR count). The maximum absolute atomic E-state index is 5.62. The van der Waals surface area contributed by atoms with Gasteiger partial charge in [-0.1, -0.05) is 0 Å². The molecule has 5 nitrogen and oxygen atoms in total. The lowest BCUT2D eigenvalue weighted by Gasteiger charge is -1.90. The van der Waals surface area contributed by atoms with E-state index in [1.807, 2.05) is 12.1 Å². The van der Waals surface area contributed by atoms with Gasteiger partial charge in [-0.3, -0.25) is 4.98 Å². The summed E-state index contributed by atoms with van der Waals surface area (Å²) in [4.78, 5) is 12.4. The van der Waals surface area contributed by atoms with E-state index in [0.717, 1.165) is 5.56 Å². The summed E-state index contributed by atoms with van der Waals surface area (Å²) in [5.41, 5.74) is 8.13. The lowest BCUT2D eigenvalue weighted by molar-refractivity contribution is 0.607. The molecule has 3 aromatic heterocycles. The molecule has 0 aromatic carbocycles. The van der Waals surface area contributed by atoms with Gasteiger partial charge in [-0.05, 0) is 18.2 Å². The summed E-state index contributed by atoms with van der Waals surface area (Å²) in [5, 5.41) is 0. The highest BCUT2D eigenvalue weighted by Gasteiger charge is 2.08. The highest BCUT2D eigenvalue weighted by atomic mass is 16.4. The first-order valence-corrected chi connectivity index (χ1v) is 4.75. The Bertz CT molecular complexity index is 633. The first kappa shape index (κ1) is 8.84. The standard InChI is InChI=1S/C11H8N4O/c12-8-4-9-11(14-6-8)16-10(15-9)7-2-1-3-13-5-7/h1-6H,12H2. The van der Waals surface area contributed by atoms with Crippen LogP contribution in [0.1, 0.15) is 0 Å². The highest BCUT2D eigenvalue weighted by molar-refractivity contribution is 5.75. The zero-order valence-corrected chi connectivity index (χ0v) is 8.29. The molecule has 0 atom stereocenters. The molecule has 3 aromatic rings. The number of oxazole rings is 1. The quantitative estimate of drug-likeness (QED) is 0.666. The molecule has 0 saturated carbocycles. The van der Waals surface area contributed by atoms with Crippen molar-refractivity contribution in [3.63, 3.8) is 0 Å². The maximum Gasteiger partial charge on any atom is 0.247 e. The second kappa shape index (κ2) is 3.30. The van der Waals surface area contributed by atoms with Crippen LogP contribution in [0, 0.1) is 0 Å². The Kier molecular flexibility index (Phi) is 1.83. The molecule has 5 heteroatoms. The van der Waals surface area contributed by atoms with Gasteiger partial charge in [0.2, 0.25) is 11.6 Å². The van der Waals surface area contributed by atoms with Crippen LogP contribution in [-0.4, -0.2) is 15.0 Å². The molecule has 3 heterocycles. The highest BCUT2D eigenvalue weighted by Crippen LogP contribution is 2.22. The lowest BCUT2D eigenvalue weighted by Crippen LogP contribution is -1.85. The largest absolute Gasteiger partial charge is 0.418 e. The summed E-state index contributed by atoms with van der Waals surface area (Å²) in [6.45, 7) is 0. The van der Waals surface area contributed by atoms with Gasteiger partial charge < -0.3 is 10.2 Å². The second-order valence-corrected chi connectivity index (χ2v) is 3.35. The molecule has 0 fully saturated rings. The van der Waals surface area contributed by atoms with Crippen LogP contribution in [0.3, 0.4) is 0 Å². The van der Waals surface area contributed by atoms with E-state index >= 15 is 0 Å². The summed E-state index contributed by atoms with van der Waals surface area (Å²) in [7, 11) is 0. The summed E-state index contributed by atoms with van der Waals surface area (Å²) in [6.07, 6.45) is 4.93. The van der Waals surface area contributed by atoms with Gasteiger partial charge in [0, 0.05) is 12.4 Å².